The van der Waals surface area contributed by atoms with Crippen LogP contribution >= 0.6 is 11.8 Å². The second-order valence-corrected chi connectivity index (χ2v) is 7.10. The molecule has 1 N–H and O–H groups in total. The zero-order valence-corrected chi connectivity index (χ0v) is 14.4. The largest absolute Gasteiger partial charge is 0.317 e. The summed E-state index contributed by atoms with van der Waals surface area (Å²) < 4.78 is 16.5. The predicted molar refractivity (Wildman–Crippen MR) is 97.2 cm³/mol. The number of benzene rings is 1. The van der Waals surface area contributed by atoms with Gasteiger partial charge in [-0.05, 0) is 50.2 Å². The number of fused-ring (bicyclic) bond motifs is 1. The lowest BCUT2D eigenvalue weighted by Gasteiger charge is -2.23. The van der Waals surface area contributed by atoms with Crippen molar-refractivity contribution in [2.24, 2.45) is 0 Å². The summed E-state index contributed by atoms with van der Waals surface area (Å²) in [6.45, 7) is 1.91. The van der Waals surface area contributed by atoms with Crippen molar-refractivity contribution >= 4 is 17.4 Å². The quantitative estimate of drug-likeness (QED) is 0.719. The van der Waals surface area contributed by atoms with Crippen LogP contribution in [-0.4, -0.2) is 28.7 Å². The third-order valence-corrected chi connectivity index (χ3v) is 5.48. The molecule has 0 atom stereocenters. The molecule has 124 valence electrons. The molecule has 1 aliphatic rings. The minimum Gasteiger partial charge on any atom is -0.317 e. The van der Waals surface area contributed by atoms with E-state index in [4.69, 9.17) is 0 Å². The maximum absolute atomic E-state index is 14.5. The van der Waals surface area contributed by atoms with Crippen LogP contribution < -0.4 is 5.32 Å². The molecule has 3 aromatic rings. The van der Waals surface area contributed by atoms with Crippen LogP contribution in [0.5, 0.6) is 0 Å². The van der Waals surface area contributed by atoms with Crippen molar-refractivity contribution in [3.05, 3.63) is 54.1 Å². The van der Waals surface area contributed by atoms with E-state index in [0.717, 1.165) is 42.8 Å². The Labute approximate surface area is 145 Å². The molecular formula is C19H20FN3S. The van der Waals surface area contributed by atoms with E-state index in [-0.39, 0.29) is 5.82 Å². The second kappa shape index (κ2) is 6.57. The van der Waals surface area contributed by atoms with E-state index in [0.29, 0.717) is 11.6 Å². The molecule has 0 radical (unpaired) electrons. The molecule has 0 aliphatic carbocycles. The van der Waals surface area contributed by atoms with Gasteiger partial charge in [-0.25, -0.2) is 9.37 Å². The van der Waals surface area contributed by atoms with Gasteiger partial charge in [0.1, 0.15) is 11.5 Å². The molecule has 0 saturated carbocycles. The van der Waals surface area contributed by atoms with Crippen molar-refractivity contribution in [1.29, 1.82) is 0 Å². The van der Waals surface area contributed by atoms with Crippen LogP contribution in [0.15, 0.2) is 47.6 Å². The van der Waals surface area contributed by atoms with Crippen LogP contribution in [0.1, 0.15) is 24.3 Å². The van der Waals surface area contributed by atoms with Gasteiger partial charge in [0.15, 0.2) is 0 Å². The summed E-state index contributed by atoms with van der Waals surface area (Å²) >= 11 is 1.72. The summed E-state index contributed by atoms with van der Waals surface area (Å²) in [7, 11) is 0. The second-order valence-electron chi connectivity index (χ2n) is 6.22. The van der Waals surface area contributed by atoms with E-state index in [1.807, 2.05) is 16.8 Å². The number of nitrogens with one attached hydrogen (secondary N) is 1. The molecule has 24 heavy (non-hydrogen) atoms. The van der Waals surface area contributed by atoms with Crippen molar-refractivity contribution in [1.82, 2.24) is 14.7 Å². The van der Waals surface area contributed by atoms with E-state index in [2.05, 4.69) is 40.8 Å². The van der Waals surface area contributed by atoms with Gasteiger partial charge in [0.2, 0.25) is 0 Å². The van der Waals surface area contributed by atoms with Gasteiger partial charge >= 0.3 is 0 Å². The number of pyridine rings is 1. The number of piperidine rings is 1. The predicted octanol–water partition coefficient (Wildman–Crippen LogP) is 4.33. The highest BCUT2D eigenvalue weighted by molar-refractivity contribution is 7.98. The fraction of sp³-hybridized carbons (Fsp3) is 0.316. The Hall–Kier alpha value is -1.85. The van der Waals surface area contributed by atoms with Gasteiger partial charge in [0.05, 0.1) is 5.69 Å². The van der Waals surface area contributed by atoms with Crippen molar-refractivity contribution in [3.8, 4) is 11.3 Å². The molecule has 1 saturated heterocycles. The molecule has 2 aromatic heterocycles. The number of nitrogens with zero attached hydrogens (tertiary/aromatic N) is 2. The lowest BCUT2D eigenvalue weighted by Crippen LogP contribution is -2.27. The van der Waals surface area contributed by atoms with Gasteiger partial charge < -0.3 is 9.72 Å². The van der Waals surface area contributed by atoms with Crippen LogP contribution in [0.25, 0.3) is 16.9 Å². The minimum atomic E-state index is -0.135. The first-order chi connectivity index (χ1) is 11.7. The highest BCUT2D eigenvalue weighted by Gasteiger charge is 2.20. The van der Waals surface area contributed by atoms with Crippen molar-refractivity contribution in [3.63, 3.8) is 0 Å². The molecule has 3 nitrogen and oxygen atoms in total. The fourth-order valence-electron chi connectivity index (χ4n) is 3.36. The van der Waals surface area contributed by atoms with Crippen molar-refractivity contribution < 1.29 is 4.39 Å². The normalized spacial score (nSPS) is 15.9. The van der Waals surface area contributed by atoms with Crippen LogP contribution in [0.4, 0.5) is 4.39 Å². The first-order valence-electron chi connectivity index (χ1n) is 8.28. The average Bonchev–Trinajstić information content (AvgIpc) is 3.04. The number of aromatic nitrogens is 2. The molecule has 0 amide bonds. The Morgan fingerprint density at radius 3 is 2.62 bits per heavy atom. The van der Waals surface area contributed by atoms with Gasteiger partial charge in [-0.1, -0.05) is 12.1 Å². The summed E-state index contributed by atoms with van der Waals surface area (Å²) in [5.41, 5.74) is 3.41. The smallest absolute Gasteiger partial charge is 0.140 e. The van der Waals surface area contributed by atoms with E-state index in [9.17, 15) is 4.39 Å². The zero-order chi connectivity index (χ0) is 16.5. The molecule has 1 aliphatic heterocycles. The SMILES string of the molecule is CSc1ccc(-c2cn3cc(C4CCNCC4)c(F)cc3n2)cc1. The Morgan fingerprint density at radius 2 is 1.92 bits per heavy atom. The Balaban J connectivity index is 1.71. The Kier molecular flexibility index (Phi) is 4.29. The Morgan fingerprint density at radius 1 is 1.17 bits per heavy atom. The maximum atomic E-state index is 14.5. The molecule has 4 rings (SSSR count). The Bertz CT molecular complexity index is 851. The first-order valence-corrected chi connectivity index (χ1v) is 9.50. The summed E-state index contributed by atoms with van der Waals surface area (Å²) in [5, 5.41) is 3.33. The molecule has 0 unspecified atom stereocenters. The van der Waals surface area contributed by atoms with Crippen molar-refractivity contribution in [2.75, 3.05) is 19.3 Å². The number of halogens is 1. The molecule has 1 fully saturated rings. The summed E-state index contributed by atoms with van der Waals surface area (Å²) in [4.78, 5) is 5.81. The lowest BCUT2D eigenvalue weighted by atomic mass is 9.91. The van der Waals surface area contributed by atoms with Gasteiger partial charge in [-0.2, -0.15) is 0 Å². The average molecular weight is 341 g/mol. The van der Waals surface area contributed by atoms with E-state index >= 15 is 0 Å². The molecule has 5 heteroatoms. The lowest BCUT2D eigenvalue weighted by molar-refractivity contribution is 0.443. The molecular weight excluding hydrogens is 321 g/mol. The van der Waals surface area contributed by atoms with Crippen LogP contribution in [0, 0.1) is 5.82 Å². The fourth-order valence-corrected chi connectivity index (χ4v) is 3.77. The third kappa shape index (κ3) is 2.94. The van der Waals surface area contributed by atoms with Crippen LogP contribution in [0.3, 0.4) is 0 Å². The van der Waals surface area contributed by atoms with E-state index in [1.165, 1.54) is 4.90 Å². The summed E-state index contributed by atoms with van der Waals surface area (Å²) in [5.74, 6) is 0.159. The molecule has 3 heterocycles. The monoisotopic (exact) mass is 341 g/mol. The highest BCUT2D eigenvalue weighted by Crippen LogP contribution is 2.29. The number of thioether (sulfide) groups is 1. The van der Waals surface area contributed by atoms with Gasteiger partial charge in [0, 0.05) is 34.5 Å². The number of imidazole rings is 1. The van der Waals surface area contributed by atoms with E-state index in [1.54, 1.807) is 17.8 Å². The minimum absolute atomic E-state index is 0.135. The van der Waals surface area contributed by atoms with Gasteiger partial charge in [-0.15, -0.1) is 11.8 Å². The topological polar surface area (TPSA) is 29.3 Å². The van der Waals surface area contributed by atoms with Gasteiger partial charge in [0.25, 0.3) is 0 Å². The highest BCUT2D eigenvalue weighted by atomic mass is 32.2. The maximum Gasteiger partial charge on any atom is 0.140 e. The number of rotatable bonds is 3. The molecule has 0 spiro atoms. The summed E-state index contributed by atoms with van der Waals surface area (Å²) in [6, 6.07) is 9.88. The standard InChI is InChI=1S/C19H20FN3S/c1-24-15-4-2-14(3-5-15)18-12-23-11-16(13-6-8-21-9-7-13)17(20)10-19(23)22-18/h2-5,10-13,21H,6-9H2,1H3. The number of hydrogen-bond donors (Lipinski definition) is 1. The first kappa shape index (κ1) is 15.7. The van der Waals surface area contributed by atoms with Crippen molar-refractivity contribution in [2.45, 2.75) is 23.7 Å². The molecule has 0 bridgehead atoms. The van der Waals surface area contributed by atoms with Crippen LogP contribution in [0.2, 0.25) is 0 Å². The molecule has 1 aromatic carbocycles. The third-order valence-electron chi connectivity index (χ3n) is 4.74. The van der Waals surface area contributed by atoms with E-state index < -0.39 is 0 Å². The number of hydrogen-bond acceptors (Lipinski definition) is 3. The zero-order valence-electron chi connectivity index (χ0n) is 13.6. The van der Waals surface area contributed by atoms with Gasteiger partial charge in [-0.3, -0.25) is 0 Å². The summed E-state index contributed by atoms with van der Waals surface area (Å²) in [6.07, 6.45) is 7.95. The van der Waals surface area contributed by atoms with Crippen LogP contribution in [-0.2, 0) is 0 Å².